The lowest BCUT2D eigenvalue weighted by atomic mass is 10.2. The molecule has 13 heavy (non-hydrogen) atoms. The fraction of sp³-hybridized carbons (Fsp3) is 0.200. The molecule has 0 atom stereocenters. The molecule has 2 rings (SSSR count). The van der Waals surface area contributed by atoms with E-state index in [1.807, 2.05) is 0 Å². The van der Waals surface area contributed by atoms with E-state index in [1.54, 1.807) is 0 Å². The first-order valence-corrected chi connectivity index (χ1v) is 6.03. The second-order valence-corrected chi connectivity index (χ2v) is 4.61. The molecule has 1 aromatic carbocycles. The van der Waals surface area contributed by atoms with E-state index in [9.17, 15) is 0 Å². The molecule has 0 amide bonds. The summed E-state index contributed by atoms with van der Waals surface area (Å²) >= 11 is 6.90. The van der Waals surface area contributed by atoms with E-state index in [0.29, 0.717) is 0 Å². The molecule has 68 valence electrons. The van der Waals surface area contributed by atoms with Crippen LogP contribution in [0.15, 0.2) is 34.9 Å². The second kappa shape index (κ2) is 3.84. The first-order valence-electron chi connectivity index (χ1n) is 4.11. The Hall–Kier alpha value is -0.280. The van der Waals surface area contributed by atoms with Crippen molar-refractivity contribution in [2.45, 2.75) is 6.54 Å². The molecule has 2 aromatic rings. The second-order valence-electron chi connectivity index (χ2n) is 2.90. The molecule has 3 heteroatoms. The van der Waals surface area contributed by atoms with Crippen molar-refractivity contribution in [3.63, 3.8) is 0 Å². The molecule has 0 aliphatic heterocycles. The number of aryl methyl sites for hydroxylation is 1. The molecule has 0 radical (unpaired) electrons. The summed E-state index contributed by atoms with van der Waals surface area (Å²) in [6.45, 7) is 1.02. The summed E-state index contributed by atoms with van der Waals surface area (Å²) in [4.78, 5) is 0. The van der Waals surface area contributed by atoms with E-state index in [0.717, 1.165) is 16.3 Å². The minimum Gasteiger partial charge on any atom is -0.347 e. The Labute approximate surface area is 94.0 Å². The van der Waals surface area contributed by atoms with Crippen molar-refractivity contribution < 1.29 is 0 Å². The summed E-state index contributed by atoms with van der Waals surface area (Å²) in [6.07, 6.45) is 2.12. The number of rotatable bonds is 2. The normalized spacial score (nSPS) is 10.9. The zero-order chi connectivity index (χ0) is 9.26. The van der Waals surface area contributed by atoms with Gasteiger partial charge in [-0.25, -0.2) is 0 Å². The third-order valence-corrected chi connectivity index (χ3v) is 2.91. The number of benzene rings is 1. The van der Waals surface area contributed by atoms with Gasteiger partial charge in [0.05, 0.1) is 0 Å². The average Bonchev–Trinajstić information content (AvgIpc) is 2.49. The summed E-state index contributed by atoms with van der Waals surface area (Å²) in [5.41, 5.74) is 1.29. The van der Waals surface area contributed by atoms with Gasteiger partial charge in [-0.05, 0) is 24.3 Å². The molecule has 0 fully saturated rings. The SMILES string of the molecule is BrCCn1ccc2cc(Br)ccc21. The molecule has 1 heterocycles. The number of halogens is 2. The van der Waals surface area contributed by atoms with Gasteiger partial charge in [-0.2, -0.15) is 0 Å². The summed E-state index contributed by atoms with van der Waals surface area (Å²) in [5, 5.41) is 2.28. The smallest absolute Gasteiger partial charge is 0.0481 e. The van der Waals surface area contributed by atoms with Gasteiger partial charge in [0, 0.05) is 33.4 Å². The van der Waals surface area contributed by atoms with Crippen LogP contribution in [0.25, 0.3) is 10.9 Å². The fourth-order valence-electron chi connectivity index (χ4n) is 1.46. The quantitative estimate of drug-likeness (QED) is 0.744. The van der Waals surface area contributed by atoms with Crippen molar-refractivity contribution >= 4 is 42.8 Å². The third kappa shape index (κ3) is 1.81. The van der Waals surface area contributed by atoms with Crippen molar-refractivity contribution in [1.82, 2.24) is 4.57 Å². The first kappa shape index (κ1) is 9.28. The lowest BCUT2D eigenvalue weighted by Crippen LogP contribution is -1.95. The Morgan fingerprint density at radius 2 is 2.08 bits per heavy atom. The van der Waals surface area contributed by atoms with Crippen molar-refractivity contribution in [2.24, 2.45) is 0 Å². The van der Waals surface area contributed by atoms with Crippen LogP contribution in [-0.4, -0.2) is 9.90 Å². The van der Waals surface area contributed by atoms with Gasteiger partial charge >= 0.3 is 0 Å². The van der Waals surface area contributed by atoms with Crippen LogP contribution < -0.4 is 0 Å². The summed E-state index contributed by atoms with van der Waals surface area (Å²) in [6, 6.07) is 8.50. The molecule has 0 unspecified atom stereocenters. The number of aromatic nitrogens is 1. The van der Waals surface area contributed by atoms with Crippen molar-refractivity contribution in [1.29, 1.82) is 0 Å². The van der Waals surface area contributed by atoms with Gasteiger partial charge in [0.2, 0.25) is 0 Å². The van der Waals surface area contributed by atoms with Crippen molar-refractivity contribution in [3.05, 3.63) is 34.9 Å². The van der Waals surface area contributed by atoms with E-state index in [-0.39, 0.29) is 0 Å². The van der Waals surface area contributed by atoms with Crippen LogP contribution in [0.3, 0.4) is 0 Å². The Morgan fingerprint density at radius 1 is 1.23 bits per heavy atom. The predicted molar refractivity (Wildman–Crippen MR) is 63.4 cm³/mol. The standard InChI is InChI=1S/C10H9Br2N/c11-4-6-13-5-3-8-7-9(12)1-2-10(8)13/h1-3,5,7H,4,6H2. The molecule has 0 spiro atoms. The van der Waals surface area contributed by atoms with E-state index in [4.69, 9.17) is 0 Å². The molecule has 0 N–H and O–H groups in total. The maximum Gasteiger partial charge on any atom is 0.0481 e. The van der Waals surface area contributed by atoms with Crippen LogP contribution in [0.2, 0.25) is 0 Å². The molecular formula is C10H9Br2N. The van der Waals surface area contributed by atoms with Gasteiger partial charge in [0.15, 0.2) is 0 Å². The number of alkyl halides is 1. The van der Waals surface area contributed by atoms with Crippen molar-refractivity contribution in [3.8, 4) is 0 Å². The van der Waals surface area contributed by atoms with Crippen LogP contribution in [0.4, 0.5) is 0 Å². The highest BCUT2D eigenvalue weighted by atomic mass is 79.9. The van der Waals surface area contributed by atoms with Gasteiger partial charge in [-0.1, -0.05) is 31.9 Å². The summed E-state index contributed by atoms with van der Waals surface area (Å²) < 4.78 is 3.38. The number of hydrogen-bond donors (Lipinski definition) is 0. The zero-order valence-electron chi connectivity index (χ0n) is 7.00. The number of fused-ring (bicyclic) bond motifs is 1. The van der Waals surface area contributed by atoms with Crippen LogP contribution in [0.1, 0.15) is 0 Å². The molecule has 1 aromatic heterocycles. The first-order chi connectivity index (χ1) is 6.31. The highest BCUT2D eigenvalue weighted by Crippen LogP contribution is 2.20. The van der Waals surface area contributed by atoms with Crippen LogP contribution >= 0.6 is 31.9 Å². The number of hydrogen-bond acceptors (Lipinski definition) is 0. The number of nitrogens with zero attached hydrogens (tertiary/aromatic N) is 1. The molecular weight excluding hydrogens is 294 g/mol. The van der Waals surface area contributed by atoms with Crippen LogP contribution in [0.5, 0.6) is 0 Å². The third-order valence-electron chi connectivity index (χ3n) is 2.06. The maximum atomic E-state index is 3.46. The van der Waals surface area contributed by atoms with Gasteiger partial charge in [-0.15, -0.1) is 0 Å². The maximum absolute atomic E-state index is 3.46. The predicted octanol–water partition coefficient (Wildman–Crippen LogP) is 3.80. The molecule has 0 bridgehead atoms. The Bertz CT molecular complexity index is 420. The van der Waals surface area contributed by atoms with Crippen molar-refractivity contribution in [2.75, 3.05) is 5.33 Å². The topological polar surface area (TPSA) is 4.93 Å². The van der Waals surface area contributed by atoms with Gasteiger partial charge in [0.25, 0.3) is 0 Å². The molecule has 0 saturated heterocycles. The van der Waals surface area contributed by atoms with Gasteiger partial charge < -0.3 is 4.57 Å². The zero-order valence-corrected chi connectivity index (χ0v) is 10.2. The lowest BCUT2D eigenvalue weighted by Gasteiger charge is -2.01. The average molecular weight is 303 g/mol. The van der Waals surface area contributed by atoms with Gasteiger partial charge in [0.1, 0.15) is 0 Å². The van der Waals surface area contributed by atoms with E-state index >= 15 is 0 Å². The molecule has 0 aliphatic carbocycles. The lowest BCUT2D eigenvalue weighted by molar-refractivity contribution is 0.812. The highest BCUT2D eigenvalue weighted by molar-refractivity contribution is 9.10. The van der Waals surface area contributed by atoms with Crippen LogP contribution in [-0.2, 0) is 6.54 Å². The largest absolute Gasteiger partial charge is 0.347 e. The Morgan fingerprint density at radius 3 is 2.85 bits per heavy atom. The Balaban J connectivity index is 2.55. The summed E-state index contributed by atoms with van der Waals surface area (Å²) in [5.74, 6) is 0. The van der Waals surface area contributed by atoms with E-state index < -0.39 is 0 Å². The monoisotopic (exact) mass is 301 g/mol. The fourth-order valence-corrected chi connectivity index (χ4v) is 2.22. The summed E-state index contributed by atoms with van der Waals surface area (Å²) in [7, 11) is 0. The minimum atomic E-state index is 0.993. The minimum absolute atomic E-state index is 0.993. The molecule has 1 nitrogen and oxygen atoms in total. The molecule has 0 saturated carbocycles. The van der Waals surface area contributed by atoms with Crippen LogP contribution in [0, 0.1) is 0 Å². The van der Waals surface area contributed by atoms with E-state index in [2.05, 4.69) is 66.9 Å². The molecule has 0 aliphatic rings. The Kier molecular flexibility index (Phi) is 2.74. The van der Waals surface area contributed by atoms with E-state index in [1.165, 1.54) is 10.9 Å². The van der Waals surface area contributed by atoms with Gasteiger partial charge in [-0.3, -0.25) is 0 Å². The highest BCUT2D eigenvalue weighted by Gasteiger charge is 1.99.